The van der Waals surface area contributed by atoms with Crippen LogP contribution in [0.4, 0.5) is 8.78 Å². The molecule has 1 atom stereocenters. The van der Waals surface area contributed by atoms with Gasteiger partial charge in [0.2, 0.25) is 0 Å². The van der Waals surface area contributed by atoms with Crippen molar-refractivity contribution in [2.75, 3.05) is 6.61 Å². The average Bonchev–Trinajstić information content (AvgIpc) is 2.45. The van der Waals surface area contributed by atoms with Gasteiger partial charge in [-0.3, -0.25) is 0 Å². The Balaban J connectivity index is 2.19. The molecule has 0 saturated carbocycles. The summed E-state index contributed by atoms with van der Waals surface area (Å²) < 4.78 is 34.2. The first-order chi connectivity index (χ1) is 9.67. The Kier molecular flexibility index (Phi) is 5.53. The van der Waals surface area contributed by atoms with Crippen LogP contribution in [0.15, 0.2) is 6.07 Å². The molecule has 0 aromatic heterocycles. The number of halogens is 2. The standard InChI is InChI=1S/C17H24F2O/c1-3-5-6-7-12-10-16(18)15-11-13(20-4-2)8-9-14(15)17(12)19/h10,13H,3-9,11H2,1-2H3. The molecule has 112 valence electrons. The van der Waals surface area contributed by atoms with Crippen molar-refractivity contribution in [1.82, 2.24) is 0 Å². The predicted molar refractivity (Wildman–Crippen MR) is 77.0 cm³/mol. The highest BCUT2D eigenvalue weighted by Crippen LogP contribution is 2.30. The van der Waals surface area contributed by atoms with Gasteiger partial charge >= 0.3 is 0 Å². The van der Waals surface area contributed by atoms with E-state index in [-0.39, 0.29) is 17.7 Å². The van der Waals surface area contributed by atoms with Crippen molar-refractivity contribution in [3.05, 3.63) is 34.4 Å². The predicted octanol–water partition coefficient (Wildman–Crippen LogP) is 4.59. The Labute approximate surface area is 120 Å². The van der Waals surface area contributed by atoms with Gasteiger partial charge in [0.05, 0.1) is 6.10 Å². The average molecular weight is 282 g/mol. The fourth-order valence-electron chi connectivity index (χ4n) is 3.02. The molecule has 0 amide bonds. The highest BCUT2D eigenvalue weighted by molar-refractivity contribution is 5.37. The molecule has 0 fully saturated rings. The van der Waals surface area contributed by atoms with Gasteiger partial charge in [-0.2, -0.15) is 0 Å². The number of unbranched alkanes of at least 4 members (excludes halogenated alkanes) is 2. The first-order valence-electron chi connectivity index (χ1n) is 7.77. The van der Waals surface area contributed by atoms with Crippen LogP contribution >= 0.6 is 0 Å². The molecule has 1 aromatic carbocycles. The van der Waals surface area contributed by atoms with E-state index in [4.69, 9.17) is 4.74 Å². The minimum Gasteiger partial charge on any atom is -0.378 e. The summed E-state index contributed by atoms with van der Waals surface area (Å²) in [6.45, 7) is 4.67. The van der Waals surface area contributed by atoms with Crippen LogP contribution in [0.5, 0.6) is 0 Å². The maximum Gasteiger partial charge on any atom is 0.130 e. The first kappa shape index (κ1) is 15.4. The van der Waals surface area contributed by atoms with Gasteiger partial charge in [-0.25, -0.2) is 8.78 Å². The highest BCUT2D eigenvalue weighted by atomic mass is 19.1. The van der Waals surface area contributed by atoms with Crippen LogP contribution in [0.2, 0.25) is 0 Å². The van der Waals surface area contributed by atoms with Gasteiger partial charge in [0.1, 0.15) is 11.6 Å². The van der Waals surface area contributed by atoms with Gasteiger partial charge in [0, 0.05) is 13.0 Å². The summed E-state index contributed by atoms with van der Waals surface area (Å²) in [5.74, 6) is -0.426. The van der Waals surface area contributed by atoms with E-state index in [0.29, 0.717) is 42.6 Å². The van der Waals surface area contributed by atoms with Crippen molar-refractivity contribution < 1.29 is 13.5 Å². The van der Waals surface area contributed by atoms with Crippen LogP contribution in [0, 0.1) is 11.6 Å². The van der Waals surface area contributed by atoms with Gasteiger partial charge in [-0.05, 0) is 55.4 Å². The molecule has 20 heavy (non-hydrogen) atoms. The largest absolute Gasteiger partial charge is 0.378 e. The summed E-state index contributed by atoms with van der Waals surface area (Å²) >= 11 is 0. The van der Waals surface area contributed by atoms with Gasteiger partial charge in [0.15, 0.2) is 0 Å². The van der Waals surface area contributed by atoms with Crippen LogP contribution in [0.3, 0.4) is 0 Å². The Morgan fingerprint density at radius 2 is 2.00 bits per heavy atom. The summed E-state index contributed by atoms with van der Waals surface area (Å²) in [5.41, 5.74) is 1.67. The molecule has 1 unspecified atom stereocenters. The molecule has 0 aliphatic heterocycles. The third kappa shape index (κ3) is 3.38. The SMILES string of the molecule is CCCCCc1cc(F)c2c(c1F)CCC(OCC)C2. The van der Waals surface area contributed by atoms with E-state index in [2.05, 4.69) is 6.92 Å². The van der Waals surface area contributed by atoms with E-state index >= 15 is 0 Å². The molecule has 0 saturated heterocycles. The minimum absolute atomic E-state index is 0.0346. The van der Waals surface area contributed by atoms with E-state index in [1.807, 2.05) is 6.92 Å². The van der Waals surface area contributed by atoms with Crippen molar-refractivity contribution >= 4 is 0 Å². The molecule has 1 aliphatic rings. The van der Waals surface area contributed by atoms with E-state index in [1.165, 1.54) is 6.07 Å². The molecule has 0 heterocycles. The fourth-order valence-corrected chi connectivity index (χ4v) is 3.02. The smallest absolute Gasteiger partial charge is 0.130 e. The van der Waals surface area contributed by atoms with Crippen LogP contribution < -0.4 is 0 Å². The van der Waals surface area contributed by atoms with Gasteiger partial charge in [-0.15, -0.1) is 0 Å². The Bertz CT molecular complexity index is 457. The lowest BCUT2D eigenvalue weighted by Gasteiger charge is -2.26. The van der Waals surface area contributed by atoms with Crippen molar-refractivity contribution in [2.24, 2.45) is 0 Å². The number of fused-ring (bicyclic) bond motifs is 1. The summed E-state index contributed by atoms with van der Waals surface area (Å²) in [6, 6.07) is 1.40. The number of hydrogen-bond acceptors (Lipinski definition) is 1. The molecule has 0 bridgehead atoms. The van der Waals surface area contributed by atoms with Crippen molar-refractivity contribution in [3.8, 4) is 0 Å². The third-order valence-electron chi connectivity index (χ3n) is 4.10. The van der Waals surface area contributed by atoms with E-state index in [0.717, 1.165) is 25.7 Å². The molecular formula is C17H24F2O. The molecule has 2 rings (SSSR count). The van der Waals surface area contributed by atoms with Gasteiger partial charge in [0.25, 0.3) is 0 Å². The molecule has 0 N–H and O–H groups in total. The lowest BCUT2D eigenvalue weighted by atomic mass is 9.86. The summed E-state index contributed by atoms with van der Waals surface area (Å²) in [4.78, 5) is 0. The molecule has 1 nitrogen and oxygen atoms in total. The Hall–Kier alpha value is -0.960. The number of rotatable bonds is 6. The second-order valence-corrected chi connectivity index (χ2v) is 5.57. The van der Waals surface area contributed by atoms with Crippen LogP contribution in [-0.4, -0.2) is 12.7 Å². The molecule has 0 radical (unpaired) electrons. The molecule has 0 spiro atoms. The Morgan fingerprint density at radius 3 is 2.70 bits per heavy atom. The second-order valence-electron chi connectivity index (χ2n) is 5.57. The highest BCUT2D eigenvalue weighted by Gasteiger charge is 2.26. The fraction of sp³-hybridized carbons (Fsp3) is 0.647. The number of aryl methyl sites for hydroxylation is 1. The van der Waals surface area contributed by atoms with Crippen molar-refractivity contribution in [2.45, 2.75) is 64.9 Å². The number of benzene rings is 1. The number of ether oxygens (including phenoxy) is 1. The monoisotopic (exact) mass is 282 g/mol. The zero-order chi connectivity index (χ0) is 14.5. The normalized spacial score (nSPS) is 18.1. The third-order valence-corrected chi connectivity index (χ3v) is 4.10. The van der Waals surface area contributed by atoms with Crippen molar-refractivity contribution in [1.29, 1.82) is 0 Å². The summed E-state index contributed by atoms with van der Waals surface area (Å²) in [5, 5.41) is 0. The molecule has 3 heteroatoms. The molecular weight excluding hydrogens is 258 g/mol. The van der Waals surface area contributed by atoms with Gasteiger partial charge in [-0.1, -0.05) is 19.8 Å². The minimum atomic E-state index is -0.252. The summed E-state index contributed by atoms with van der Waals surface area (Å²) in [6.07, 6.45) is 5.62. The maximum atomic E-state index is 14.5. The Morgan fingerprint density at radius 1 is 1.20 bits per heavy atom. The van der Waals surface area contributed by atoms with E-state index in [1.54, 1.807) is 0 Å². The maximum absolute atomic E-state index is 14.5. The second kappa shape index (κ2) is 7.16. The lowest BCUT2D eigenvalue weighted by Crippen LogP contribution is -2.25. The van der Waals surface area contributed by atoms with E-state index in [9.17, 15) is 8.78 Å². The quantitative estimate of drug-likeness (QED) is 0.693. The zero-order valence-electron chi connectivity index (χ0n) is 12.5. The zero-order valence-corrected chi connectivity index (χ0v) is 12.5. The number of hydrogen-bond donors (Lipinski definition) is 0. The van der Waals surface area contributed by atoms with Crippen LogP contribution in [0.1, 0.15) is 56.2 Å². The molecule has 1 aromatic rings. The van der Waals surface area contributed by atoms with E-state index < -0.39 is 0 Å². The topological polar surface area (TPSA) is 9.23 Å². The van der Waals surface area contributed by atoms with Crippen LogP contribution in [-0.2, 0) is 24.0 Å². The summed E-state index contributed by atoms with van der Waals surface area (Å²) in [7, 11) is 0. The van der Waals surface area contributed by atoms with Crippen LogP contribution in [0.25, 0.3) is 0 Å². The van der Waals surface area contributed by atoms with Gasteiger partial charge < -0.3 is 4.74 Å². The molecule has 1 aliphatic carbocycles. The van der Waals surface area contributed by atoms with Crippen molar-refractivity contribution in [3.63, 3.8) is 0 Å². The first-order valence-corrected chi connectivity index (χ1v) is 7.77. The lowest BCUT2D eigenvalue weighted by molar-refractivity contribution is 0.0522.